The summed E-state index contributed by atoms with van der Waals surface area (Å²) in [6.07, 6.45) is 0. The van der Waals surface area contributed by atoms with E-state index in [2.05, 4.69) is 26.1 Å². The summed E-state index contributed by atoms with van der Waals surface area (Å²) in [5, 5.41) is 2.69. The first-order chi connectivity index (χ1) is 18.0. The Balaban J connectivity index is 1.48. The van der Waals surface area contributed by atoms with Crippen molar-refractivity contribution in [1.82, 2.24) is 0 Å². The van der Waals surface area contributed by atoms with Gasteiger partial charge in [0.05, 0.1) is 17.9 Å². The molecular weight excluding hydrogens is 504 g/mol. The van der Waals surface area contributed by atoms with Crippen molar-refractivity contribution in [1.29, 1.82) is 0 Å². The molecule has 1 aliphatic rings. The zero-order chi connectivity index (χ0) is 27.6. The fourth-order valence-corrected chi connectivity index (χ4v) is 4.23. The van der Waals surface area contributed by atoms with Gasteiger partial charge in [0.25, 0.3) is 11.8 Å². The Hall–Kier alpha value is -4.10. The Bertz CT molecular complexity index is 1420. The average molecular weight is 533 g/mol. The molecule has 0 fully saturated rings. The summed E-state index contributed by atoms with van der Waals surface area (Å²) >= 11 is 6.24. The second kappa shape index (κ2) is 10.7. The van der Waals surface area contributed by atoms with Crippen molar-refractivity contribution in [3.8, 4) is 11.5 Å². The van der Waals surface area contributed by atoms with Gasteiger partial charge in [-0.3, -0.25) is 9.59 Å². The molecule has 0 unspecified atom stereocenters. The Labute approximate surface area is 227 Å². The van der Waals surface area contributed by atoms with E-state index >= 15 is 0 Å². The standard InChI is InChI=1S/C30H29ClN2O5/c1-6-37-22-14-12-21(13-15-22)33-27(34)25(31)26(28(33)35)32-20-10-8-19(9-11-20)29(36)38-24-16-7-18(2)17-23(24)30(3,4)5/h7-17,32H,6H2,1-5H3. The lowest BCUT2D eigenvalue weighted by atomic mass is 9.85. The Morgan fingerprint density at radius 2 is 1.61 bits per heavy atom. The third-order valence-electron chi connectivity index (χ3n) is 5.97. The van der Waals surface area contributed by atoms with Crippen molar-refractivity contribution in [3.05, 3.63) is 94.1 Å². The number of nitrogens with one attached hydrogen (secondary N) is 1. The van der Waals surface area contributed by atoms with Crippen LogP contribution in [-0.2, 0) is 15.0 Å². The van der Waals surface area contributed by atoms with Crippen LogP contribution in [0, 0.1) is 6.92 Å². The molecule has 0 aliphatic carbocycles. The number of anilines is 2. The smallest absolute Gasteiger partial charge is 0.343 e. The topological polar surface area (TPSA) is 84.9 Å². The second-order valence-electron chi connectivity index (χ2n) is 9.90. The lowest BCUT2D eigenvalue weighted by Gasteiger charge is -2.22. The normalized spacial score (nSPS) is 13.7. The summed E-state index contributed by atoms with van der Waals surface area (Å²) in [4.78, 5) is 39.7. The van der Waals surface area contributed by atoms with Gasteiger partial charge in [0.2, 0.25) is 0 Å². The van der Waals surface area contributed by atoms with Crippen LogP contribution in [0.1, 0.15) is 49.2 Å². The van der Waals surface area contributed by atoms with Crippen molar-refractivity contribution in [3.63, 3.8) is 0 Å². The summed E-state index contributed by atoms with van der Waals surface area (Å²) in [5.41, 5.74) is 2.97. The van der Waals surface area contributed by atoms with Crippen LogP contribution >= 0.6 is 11.6 Å². The molecule has 1 N–H and O–H groups in total. The molecule has 8 heteroatoms. The number of carbonyl (C=O) groups is 3. The maximum absolute atomic E-state index is 13.1. The van der Waals surface area contributed by atoms with E-state index in [0.717, 1.165) is 16.0 Å². The third-order valence-corrected chi connectivity index (χ3v) is 6.32. The van der Waals surface area contributed by atoms with E-state index in [1.807, 2.05) is 26.0 Å². The highest BCUT2D eigenvalue weighted by Crippen LogP contribution is 2.33. The lowest BCUT2D eigenvalue weighted by molar-refractivity contribution is -0.120. The van der Waals surface area contributed by atoms with Crippen LogP contribution in [0.15, 0.2) is 77.5 Å². The van der Waals surface area contributed by atoms with Gasteiger partial charge >= 0.3 is 5.97 Å². The van der Waals surface area contributed by atoms with Crippen molar-refractivity contribution in [2.45, 2.75) is 40.0 Å². The van der Waals surface area contributed by atoms with Crippen LogP contribution in [0.5, 0.6) is 11.5 Å². The molecule has 1 heterocycles. The number of nitrogens with zero attached hydrogens (tertiary/aromatic N) is 1. The molecule has 0 saturated heterocycles. The van der Waals surface area contributed by atoms with Crippen LogP contribution in [0.2, 0.25) is 0 Å². The number of halogens is 1. The minimum Gasteiger partial charge on any atom is -0.494 e. The lowest BCUT2D eigenvalue weighted by Crippen LogP contribution is -2.32. The molecule has 0 saturated carbocycles. The predicted octanol–water partition coefficient (Wildman–Crippen LogP) is 6.35. The average Bonchev–Trinajstić information content (AvgIpc) is 3.08. The fraction of sp³-hybridized carbons (Fsp3) is 0.233. The van der Waals surface area contributed by atoms with Crippen LogP contribution in [-0.4, -0.2) is 24.4 Å². The molecule has 3 aromatic rings. The van der Waals surface area contributed by atoms with Crippen LogP contribution in [0.4, 0.5) is 11.4 Å². The van der Waals surface area contributed by atoms with E-state index in [9.17, 15) is 14.4 Å². The van der Waals surface area contributed by atoms with Gasteiger partial charge in [-0.1, -0.05) is 50.1 Å². The predicted molar refractivity (Wildman–Crippen MR) is 148 cm³/mol. The Morgan fingerprint density at radius 3 is 2.21 bits per heavy atom. The molecule has 0 aromatic heterocycles. The first-order valence-electron chi connectivity index (χ1n) is 12.2. The maximum atomic E-state index is 13.1. The molecule has 3 aromatic carbocycles. The number of aryl methyl sites for hydroxylation is 1. The molecule has 38 heavy (non-hydrogen) atoms. The minimum absolute atomic E-state index is 0.0460. The van der Waals surface area contributed by atoms with E-state index in [-0.39, 0.29) is 16.1 Å². The maximum Gasteiger partial charge on any atom is 0.343 e. The molecule has 7 nitrogen and oxygen atoms in total. The quantitative estimate of drug-likeness (QED) is 0.217. The van der Waals surface area contributed by atoms with Crippen LogP contribution in [0.3, 0.4) is 0 Å². The zero-order valence-corrected chi connectivity index (χ0v) is 22.7. The summed E-state index contributed by atoms with van der Waals surface area (Å²) < 4.78 is 11.1. The SMILES string of the molecule is CCOc1ccc(N2C(=O)C(Cl)=C(Nc3ccc(C(=O)Oc4ccc(C)cc4C(C)(C)C)cc3)C2=O)cc1. The Morgan fingerprint density at radius 1 is 0.947 bits per heavy atom. The summed E-state index contributed by atoms with van der Waals surface area (Å²) in [6.45, 7) is 10.5. The zero-order valence-electron chi connectivity index (χ0n) is 21.9. The summed E-state index contributed by atoms with van der Waals surface area (Å²) in [7, 11) is 0. The van der Waals surface area contributed by atoms with E-state index in [4.69, 9.17) is 21.1 Å². The first kappa shape index (κ1) is 26.9. The largest absolute Gasteiger partial charge is 0.494 e. The van der Waals surface area contributed by atoms with Gasteiger partial charge in [-0.15, -0.1) is 0 Å². The number of hydrogen-bond acceptors (Lipinski definition) is 6. The van der Waals surface area contributed by atoms with E-state index in [0.29, 0.717) is 35.0 Å². The fourth-order valence-electron chi connectivity index (χ4n) is 4.02. The number of ether oxygens (including phenoxy) is 2. The van der Waals surface area contributed by atoms with E-state index < -0.39 is 17.8 Å². The highest BCUT2D eigenvalue weighted by Gasteiger charge is 2.39. The van der Waals surface area contributed by atoms with E-state index in [1.165, 1.54) is 0 Å². The molecular formula is C30H29ClN2O5. The molecule has 196 valence electrons. The second-order valence-corrected chi connectivity index (χ2v) is 10.3. The van der Waals surface area contributed by atoms with Gasteiger partial charge in [-0.05, 0) is 73.9 Å². The third kappa shape index (κ3) is 5.58. The molecule has 0 atom stereocenters. The van der Waals surface area contributed by atoms with Gasteiger partial charge in [0.1, 0.15) is 22.2 Å². The number of esters is 1. The number of imide groups is 1. The van der Waals surface area contributed by atoms with Crippen molar-refractivity contribution in [2.75, 3.05) is 16.8 Å². The molecule has 1 aliphatic heterocycles. The minimum atomic E-state index is -0.628. The summed E-state index contributed by atoms with van der Waals surface area (Å²) in [5.74, 6) is -0.574. The first-order valence-corrected chi connectivity index (χ1v) is 12.6. The number of benzene rings is 3. The van der Waals surface area contributed by atoms with Crippen molar-refractivity contribution >= 4 is 40.8 Å². The van der Waals surface area contributed by atoms with Crippen molar-refractivity contribution in [2.24, 2.45) is 0 Å². The van der Waals surface area contributed by atoms with Gasteiger partial charge in [-0.25, -0.2) is 9.69 Å². The molecule has 4 rings (SSSR count). The molecule has 0 radical (unpaired) electrons. The highest BCUT2D eigenvalue weighted by molar-refractivity contribution is 6.53. The number of rotatable bonds is 7. The number of amides is 2. The number of carbonyl (C=O) groups excluding carboxylic acids is 3. The van der Waals surface area contributed by atoms with E-state index in [1.54, 1.807) is 54.6 Å². The van der Waals surface area contributed by atoms with Crippen LogP contribution < -0.4 is 19.7 Å². The van der Waals surface area contributed by atoms with Gasteiger partial charge in [0, 0.05) is 11.3 Å². The van der Waals surface area contributed by atoms with Crippen LogP contribution in [0.25, 0.3) is 0 Å². The van der Waals surface area contributed by atoms with Gasteiger partial charge < -0.3 is 14.8 Å². The molecule has 0 spiro atoms. The van der Waals surface area contributed by atoms with Crippen molar-refractivity contribution < 1.29 is 23.9 Å². The monoisotopic (exact) mass is 532 g/mol. The van der Waals surface area contributed by atoms with Gasteiger partial charge in [0.15, 0.2) is 0 Å². The molecule has 0 bridgehead atoms. The number of hydrogen-bond donors (Lipinski definition) is 1. The highest BCUT2D eigenvalue weighted by atomic mass is 35.5. The molecule has 2 amide bonds. The summed E-state index contributed by atoms with van der Waals surface area (Å²) in [6, 6.07) is 18.7. The Kier molecular flexibility index (Phi) is 7.60. The van der Waals surface area contributed by atoms with Gasteiger partial charge in [-0.2, -0.15) is 0 Å².